The first-order valence-corrected chi connectivity index (χ1v) is 6.21. The quantitative estimate of drug-likeness (QED) is 0.696. The summed E-state index contributed by atoms with van der Waals surface area (Å²) in [5.41, 5.74) is 0. The van der Waals surface area contributed by atoms with Crippen molar-refractivity contribution in [3.63, 3.8) is 0 Å². The molecular formula is C12H23NO3. The van der Waals surface area contributed by atoms with Crippen LogP contribution in [0.3, 0.4) is 0 Å². The van der Waals surface area contributed by atoms with Gasteiger partial charge in [-0.1, -0.05) is 0 Å². The topological polar surface area (TPSA) is 49.8 Å². The van der Waals surface area contributed by atoms with Gasteiger partial charge in [0.25, 0.3) is 5.91 Å². The number of rotatable bonds is 6. The minimum atomic E-state index is -0.810. The van der Waals surface area contributed by atoms with Crippen LogP contribution in [0.5, 0.6) is 0 Å². The second-order valence-electron chi connectivity index (χ2n) is 4.39. The molecule has 4 heteroatoms. The van der Waals surface area contributed by atoms with Crippen molar-refractivity contribution in [3.05, 3.63) is 0 Å². The molecule has 0 aromatic rings. The maximum atomic E-state index is 11.8. The highest BCUT2D eigenvalue weighted by molar-refractivity contribution is 5.80. The molecule has 1 saturated heterocycles. The molecule has 1 N–H and O–H groups in total. The molecule has 94 valence electrons. The summed E-state index contributed by atoms with van der Waals surface area (Å²) in [6.07, 6.45) is 4.83. The zero-order valence-electron chi connectivity index (χ0n) is 10.2. The lowest BCUT2D eigenvalue weighted by Gasteiger charge is -2.28. The molecule has 1 unspecified atom stereocenters. The first kappa shape index (κ1) is 13.5. The van der Waals surface area contributed by atoms with Gasteiger partial charge in [-0.25, -0.2) is 0 Å². The molecule has 0 aromatic carbocycles. The summed E-state index contributed by atoms with van der Waals surface area (Å²) < 4.78 is 4.92. The lowest BCUT2D eigenvalue weighted by atomic mass is 10.1. The number of carbonyl (C=O) groups excluding carboxylic acids is 1. The summed E-state index contributed by atoms with van der Waals surface area (Å²) in [5.74, 6) is -0.0860. The Morgan fingerprint density at radius 3 is 2.62 bits per heavy atom. The predicted molar refractivity (Wildman–Crippen MR) is 62.2 cm³/mol. The van der Waals surface area contributed by atoms with E-state index in [0.717, 1.165) is 38.8 Å². The Morgan fingerprint density at radius 2 is 2.00 bits per heavy atom. The van der Waals surface area contributed by atoms with E-state index in [1.807, 2.05) is 0 Å². The molecule has 1 heterocycles. The van der Waals surface area contributed by atoms with Crippen LogP contribution in [0.1, 0.15) is 38.5 Å². The van der Waals surface area contributed by atoms with Crippen LogP contribution in [-0.2, 0) is 9.53 Å². The zero-order chi connectivity index (χ0) is 11.8. The van der Waals surface area contributed by atoms with E-state index in [-0.39, 0.29) is 5.91 Å². The largest absolute Gasteiger partial charge is 0.385 e. The monoisotopic (exact) mass is 229 g/mol. The molecule has 16 heavy (non-hydrogen) atoms. The average Bonchev–Trinajstić information content (AvgIpc) is 2.34. The van der Waals surface area contributed by atoms with Crippen molar-refractivity contribution in [1.29, 1.82) is 0 Å². The fraction of sp³-hybridized carbons (Fsp3) is 0.917. The van der Waals surface area contributed by atoms with E-state index < -0.39 is 6.10 Å². The first-order chi connectivity index (χ1) is 7.75. The van der Waals surface area contributed by atoms with Gasteiger partial charge < -0.3 is 14.7 Å². The Balaban J connectivity index is 2.18. The van der Waals surface area contributed by atoms with Gasteiger partial charge in [-0.3, -0.25) is 4.79 Å². The van der Waals surface area contributed by atoms with Crippen LogP contribution in [0.4, 0.5) is 0 Å². The van der Waals surface area contributed by atoms with Crippen molar-refractivity contribution in [2.24, 2.45) is 0 Å². The van der Waals surface area contributed by atoms with Crippen molar-refractivity contribution in [3.8, 4) is 0 Å². The summed E-state index contributed by atoms with van der Waals surface area (Å²) in [5, 5.41) is 9.74. The van der Waals surface area contributed by atoms with Crippen LogP contribution in [0.2, 0.25) is 0 Å². The maximum Gasteiger partial charge on any atom is 0.251 e. The van der Waals surface area contributed by atoms with Gasteiger partial charge in [0.2, 0.25) is 0 Å². The Hall–Kier alpha value is -0.610. The fourth-order valence-corrected chi connectivity index (χ4v) is 2.03. The third-order valence-corrected chi connectivity index (χ3v) is 3.03. The molecule has 1 rings (SSSR count). The van der Waals surface area contributed by atoms with Crippen molar-refractivity contribution < 1.29 is 14.6 Å². The van der Waals surface area contributed by atoms with Crippen LogP contribution in [0.25, 0.3) is 0 Å². The third kappa shape index (κ3) is 4.49. The number of methoxy groups -OCH3 is 1. The second kappa shape index (κ2) is 7.63. The highest BCUT2D eigenvalue weighted by Crippen LogP contribution is 2.12. The Bertz CT molecular complexity index is 202. The fourth-order valence-electron chi connectivity index (χ4n) is 2.03. The van der Waals surface area contributed by atoms with E-state index >= 15 is 0 Å². The van der Waals surface area contributed by atoms with Crippen LogP contribution < -0.4 is 0 Å². The standard InChI is InChI=1S/C12H23NO3/c1-16-10-6-3-7-11(14)12(15)13-8-4-2-5-9-13/h11,14H,2-10H2,1H3. The highest BCUT2D eigenvalue weighted by atomic mass is 16.5. The Morgan fingerprint density at radius 1 is 1.31 bits per heavy atom. The van der Waals surface area contributed by atoms with Gasteiger partial charge in [0, 0.05) is 26.8 Å². The summed E-state index contributed by atoms with van der Waals surface area (Å²) in [7, 11) is 1.66. The van der Waals surface area contributed by atoms with Gasteiger partial charge in [-0.15, -0.1) is 0 Å². The van der Waals surface area contributed by atoms with Gasteiger partial charge in [0.1, 0.15) is 6.10 Å². The lowest BCUT2D eigenvalue weighted by Crippen LogP contribution is -2.42. The molecule has 0 bridgehead atoms. The van der Waals surface area contributed by atoms with Crippen LogP contribution in [-0.4, -0.2) is 48.8 Å². The number of piperidine rings is 1. The van der Waals surface area contributed by atoms with Crippen molar-refractivity contribution in [2.75, 3.05) is 26.8 Å². The normalized spacial score (nSPS) is 18.5. The number of aliphatic hydroxyl groups excluding tert-OH is 1. The number of aliphatic hydroxyl groups is 1. The molecule has 1 amide bonds. The third-order valence-electron chi connectivity index (χ3n) is 3.03. The zero-order valence-corrected chi connectivity index (χ0v) is 10.2. The minimum Gasteiger partial charge on any atom is -0.385 e. The molecule has 0 aliphatic carbocycles. The number of hydrogen-bond acceptors (Lipinski definition) is 3. The first-order valence-electron chi connectivity index (χ1n) is 6.21. The molecule has 1 fully saturated rings. The summed E-state index contributed by atoms with van der Waals surface area (Å²) in [6, 6.07) is 0. The Kier molecular flexibility index (Phi) is 6.42. The van der Waals surface area contributed by atoms with E-state index in [1.54, 1.807) is 12.0 Å². The van der Waals surface area contributed by atoms with Crippen molar-refractivity contribution >= 4 is 5.91 Å². The molecule has 4 nitrogen and oxygen atoms in total. The second-order valence-corrected chi connectivity index (χ2v) is 4.39. The van der Waals surface area contributed by atoms with Crippen LogP contribution in [0.15, 0.2) is 0 Å². The average molecular weight is 229 g/mol. The van der Waals surface area contributed by atoms with Gasteiger partial charge in [-0.05, 0) is 38.5 Å². The number of nitrogens with zero attached hydrogens (tertiary/aromatic N) is 1. The number of hydrogen-bond donors (Lipinski definition) is 1. The van der Waals surface area contributed by atoms with E-state index in [2.05, 4.69) is 0 Å². The highest BCUT2D eigenvalue weighted by Gasteiger charge is 2.22. The van der Waals surface area contributed by atoms with Gasteiger partial charge in [0.05, 0.1) is 0 Å². The van der Waals surface area contributed by atoms with Crippen LogP contribution in [0, 0.1) is 0 Å². The van der Waals surface area contributed by atoms with Crippen LogP contribution >= 0.6 is 0 Å². The molecule has 0 aromatic heterocycles. The molecule has 1 aliphatic heterocycles. The molecule has 1 aliphatic rings. The molecule has 1 atom stereocenters. The summed E-state index contributed by atoms with van der Waals surface area (Å²) in [4.78, 5) is 13.6. The van der Waals surface area contributed by atoms with E-state index in [0.29, 0.717) is 13.0 Å². The van der Waals surface area contributed by atoms with Gasteiger partial charge >= 0.3 is 0 Å². The van der Waals surface area contributed by atoms with E-state index in [9.17, 15) is 9.90 Å². The number of unbranched alkanes of at least 4 members (excludes halogenated alkanes) is 1. The smallest absolute Gasteiger partial charge is 0.251 e. The van der Waals surface area contributed by atoms with Gasteiger partial charge in [0.15, 0.2) is 0 Å². The number of carbonyl (C=O) groups is 1. The number of amides is 1. The Labute approximate surface area is 97.6 Å². The SMILES string of the molecule is COCCCCC(O)C(=O)N1CCCCC1. The van der Waals surface area contributed by atoms with Crippen molar-refractivity contribution in [1.82, 2.24) is 4.90 Å². The summed E-state index contributed by atoms with van der Waals surface area (Å²) in [6.45, 7) is 2.33. The summed E-state index contributed by atoms with van der Waals surface area (Å²) >= 11 is 0. The van der Waals surface area contributed by atoms with E-state index in [4.69, 9.17) is 4.74 Å². The van der Waals surface area contributed by atoms with E-state index in [1.165, 1.54) is 6.42 Å². The number of ether oxygens (including phenoxy) is 1. The lowest BCUT2D eigenvalue weighted by molar-refractivity contribution is -0.141. The predicted octanol–water partition coefficient (Wildman–Crippen LogP) is 1.18. The van der Waals surface area contributed by atoms with Gasteiger partial charge in [-0.2, -0.15) is 0 Å². The maximum absolute atomic E-state index is 11.8. The molecular weight excluding hydrogens is 206 g/mol. The van der Waals surface area contributed by atoms with Crippen molar-refractivity contribution in [2.45, 2.75) is 44.6 Å². The molecule has 0 radical (unpaired) electrons. The molecule has 0 spiro atoms. The molecule has 0 saturated carbocycles. The number of likely N-dealkylation sites (tertiary alicyclic amines) is 1. The minimum absolute atomic E-state index is 0.0860.